The van der Waals surface area contributed by atoms with Crippen LogP contribution in [0.15, 0.2) is 21.7 Å². The van der Waals surface area contributed by atoms with Gasteiger partial charge in [-0.05, 0) is 25.3 Å². The maximum absolute atomic E-state index is 11.8. The number of esters is 1. The molecule has 1 rings (SSSR count). The van der Waals surface area contributed by atoms with Crippen molar-refractivity contribution < 1.29 is 17.9 Å². The first-order chi connectivity index (χ1) is 7.95. The predicted molar refractivity (Wildman–Crippen MR) is 65.4 cm³/mol. The minimum absolute atomic E-state index is 0.0262. The summed E-state index contributed by atoms with van der Waals surface area (Å²) in [4.78, 5) is 11.2. The molecule has 0 aliphatic heterocycles. The summed E-state index contributed by atoms with van der Waals surface area (Å²) in [5.74, 6) is -0.408. The Morgan fingerprint density at radius 2 is 2.29 bits per heavy atom. The molecule has 96 valence electrons. The molecule has 0 amide bonds. The van der Waals surface area contributed by atoms with Crippen LogP contribution in [0.3, 0.4) is 0 Å². The Morgan fingerprint density at radius 1 is 1.59 bits per heavy atom. The van der Waals surface area contributed by atoms with E-state index >= 15 is 0 Å². The lowest BCUT2D eigenvalue weighted by molar-refractivity contribution is -0.143. The van der Waals surface area contributed by atoms with Gasteiger partial charge in [0.05, 0.1) is 13.0 Å². The van der Waals surface area contributed by atoms with E-state index in [1.165, 1.54) is 6.07 Å². The third-order valence-corrected chi connectivity index (χ3v) is 4.88. The second kappa shape index (κ2) is 6.13. The highest BCUT2D eigenvalue weighted by Gasteiger charge is 2.20. The standard InChI is InChI=1S/C10H15NO4S2/c1-3-15-9(12)7-8(2)11-17(13,14)10-5-4-6-16-10/h4-6,8,11H,3,7H2,1-2H3. The third-order valence-electron chi connectivity index (χ3n) is 1.89. The van der Waals surface area contributed by atoms with E-state index in [4.69, 9.17) is 4.74 Å². The number of rotatable bonds is 6. The summed E-state index contributed by atoms with van der Waals surface area (Å²) in [6.07, 6.45) is 0.0262. The summed E-state index contributed by atoms with van der Waals surface area (Å²) in [6.45, 7) is 3.63. The predicted octanol–water partition coefficient (Wildman–Crippen LogP) is 1.37. The topological polar surface area (TPSA) is 72.5 Å². The summed E-state index contributed by atoms with van der Waals surface area (Å²) in [5, 5.41) is 1.69. The van der Waals surface area contributed by atoms with E-state index in [-0.39, 0.29) is 10.6 Å². The van der Waals surface area contributed by atoms with Gasteiger partial charge in [0.1, 0.15) is 4.21 Å². The van der Waals surface area contributed by atoms with Crippen molar-refractivity contribution in [3.63, 3.8) is 0 Å². The number of hydrogen-bond donors (Lipinski definition) is 1. The van der Waals surface area contributed by atoms with Gasteiger partial charge in [0.2, 0.25) is 10.0 Å². The molecule has 1 heterocycles. The van der Waals surface area contributed by atoms with Gasteiger partial charge in [-0.3, -0.25) is 4.79 Å². The molecule has 7 heteroatoms. The van der Waals surface area contributed by atoms with E-state index in [1.54, 1.807) is 25.3 Å². The fraction of sp³-hybridized carbons (Fsp3) is 0.500. The van der Waals surface area contributed by atoms with E-state index < -0.39 is 22.0 Å². The van der Waals surface area contributed by atoms with Gasteiger partial charge < -0.3 is 4.74 Å². The molecular weight excluding hydrogens is 262 g/mol. The molecule has 0 bridgehead atoms. The fourth-order valence-electron chi connectivity index (χ4n) is 1.25. The van der Waals surface area contributed by atoms with Crippen LogP contribution >= 0.6 is 11.3 Å². The molecule has 0 fully saturated rings. The van der Waals surface area contributed by atoms with Crippen LogP contribution in [-0.4, -0.2) is 27.0 Å². The molecule has 0 aliphatic rings. The second-order valence-corrected chi connectivity index (χ2v) is 6.35. The first kappa shape index (κ1) is 14.1. The van der Waals surface area contributed by atoms with E-state index in [0.29, 0.717) is 6.61 Å². The first-order valence-corrected chi connectivity index (χ1v) is 7.53. The maximum Gasteiger partial charge on any atom is 0.307 e. The third kappa shape index (κ3) is 4.45. The largest absolute Gasteiger partial charge is 0.466 e. The quantitative estimate of drug-likeness (QED) is 0.797. The smallest absolute Gasteiger partial charge is 0.307 e. The molecule has 1 aromatic heterocycles. The monoisotopic (exact) mass is 277 g/mol. The molecule has 5 nitrogen and oxygen atoms in total. The molecule has 1 unspecified atom stereocenters. The summed E-state index contributed by atoms with van der Waals surface area (Å²) in [7, 11) is -3.52. The van der Waals surface area contributed by atoms with Crippen LogP contribution in [0.1, 0.15) is 20.3 Å². The van der Waals surface area contributed by atoms with Gasteiger partial charge in [-0.15, -0.1) is 11.3 Å². The van der Waals surface area contributed by atoms with Crippen molar-refractivity contribution in [2.45, 2.75) is 30.5 Å². The minimum Gasteiger partial charge on any atom is -0.466 e. The van der Waals surface area contributed by atoms with Crippen molar-refractivity contribution in [2.24, 2.45) is 0 Å². The van der Waals surface area contributed by atoms with Crippen LogP contribution in [0.25, 0.3) is 0 Å². The molecule has 17 heavy (non-hydrogen) atoms. The fourth-order valence-corrected chi connectivity index (χ4v) is 3.50. The average Bonchev–Trinajstić information content (AvgIpc) is 2.69. The van der Waals surface area contributed by atoms with Gasteiger partial charge in [-0.25, -0.2) is 13.1 Å². The van der Waals surface area contributed by atoms with Gasteiger partial charge in [0, 0.05) is 6.04 Å². The van der Waals surface area contributed by atoms with Crippen LogP contribution < -0.4 is 4.72 Å². The van der Waals surface area contributed by atoms with Gasteiger partial charge in [0.15, 0.2) is 0 Å². The molecule has 1 N–H and O–H groups in total. The second-order valence-electron chi connectivity index (χ2n) is 3.46. The summed E-state index contributed by atoms with van der Waals surface area (Å²) in [6, 6.07) is 2.69. The molecule has 0 radical (unpaired) electrons. The number of nitrogens with one attached hydrogen (secondary N) is 1. The zero-order chi connectivity index (χ0) is 12.9. The molecule has 1 aromatic rings. The molecular formula is C10H15NO4S2. The number of carbonyl (C=O) groups is 1. The molecule has 1 atom stereocenters. The van der Waals surface area contributed by atoms with Crippen LogP contribution in [0, 0.1) is 0 Å². The van der Waals surface area contributed by atoms with E-state index in [2.05, 4.69) is 4.72 Å². The Kier molecular flexibility index (Phi) is 5.10. The lowest BCUT2D eigenvalue weighted by atomic mass is 10.3. The van der Waals surface area contributed by atoms with Crippen LogP contribution in [0.4, 0.5) is 0 Å². The first-order valence-electron chi connectivity index (χ1n) is 5.17. The van der Waals surface area contributed by atoms with Crippen molar-refractivity contribution >= 4 is 27.3 Å². The number of hydrogen-bond acceptors (Lipinski definition) is 5. The molecule has 0 aliphatic carbocycles. The summed E-state index contributed by atoms with van der Waals surface area (Å²) in [5.41, 5.74) is 0. The van der Waals surface area contributed by atoms with E-state index in [1.807, 2.05) is 0 Å². The molecule has 0 saturated heterocycles. The normalized spacial score (nSPS) is 13.3. The lowest BCUT2D eigenvalue weighted by Gasteiger charge is -2.12. The van der Waals surface area contributed by atoms with Gasteiger partial charge >= 0.3 is 5.97 Å². The minimum atomic E-state index is -3.52. The van der Waals surface area contributed by atoms with Crippen molar-refractivity contribution in [3.05, 3.63) is 17.5 Å². The van der Waals surface area contributed by atoms with Crippen LogP contribution in [-0.2, 0) is 19.6 Å². The van der Waals surface area contributed by atoms with Crippen molar-refractivity contribution in [1.29, 1.82) is 0 Å². The average molecular weight is 277 g/mol. The number of carbonyl (C=O) groups excluding carboxylic acids is 1. The van der Waals surface area contributed by atoms with Crippen molar-refractivity contribution in [2.75, 3.05) is 6.61 Å². The van der Waals surface area contributed by atoms with Gasteiger partial charge in [0.25, 0.3) is 0 Å². The highest BCUT2D eigenvalue weighted by atomic mass is 32.2. The zero-order valence-corrected chi connectivity index (χ0v) is 11.3. The van der Waals surface area contributed by atoms with Crippen molar-refractivity contribution in [1.82, 2.24) is 4.72 Å². The summed E-state index contributed by atoms with van der Waals surface area (Å²) >= 11 is 1.13. The van der Waals surface area contributed by atoms with Crippen LogP contribution in [0.5, 0.6) is 0 Å². The van der Waals surface area contributed by atoms with Gasteiger partial charge in [-0.2, -0.15) is 0 Å². The SMILES string of the molecule is CCOC(=O)CC(C)NS(=O)(=O)c1cccs1. The lowest BCUT2D eigenvalue weighted by Crippen LogP contribution is -2.34. The molecule has 0 saturated carbocycles. The summed E-state index contributed by atoms with van der Waals surface area (Å²) < 4.78 is 31.0. The zero-order valence-electron chi connectivity index (χ0n) is 9.67. The van der Waals surface area contributed by atoms with Crippen LogP contribution in [0.2, 0.25) is 0 Å². The molecule has 0 aromatic carbocycles. The number of ether oxygens (including phenoxy) is 1. The number of sulfonamides is 1. The maximum atomic E-state index is 11.8. The number of thiophene rings is 1. The van der Waals surface area contributed by atoms with Gasteiger partial charge in [-0.1, -0.05) is 6.07 Å². The van der Waals surface area contributed by atoms with E-state index in [0.717, 1.165) is 11.3 Å². The highest BCUT2D eigenvalue weighted by molar-refractivity contribution is 7.91. The molecule has 0 spiro atoms. The highest BCUT2D eigenvalue weighted by Crippen LogP contribution is 2.16. The van der Waals surface area contributed by atoms with Crippen molar-refractivity contribution in [3.8, 4) is 0 Å². The Morgan fingerprint density at radius 3 is 2.82 bits per heavy atom. The van der Waals surface area contributed by atoms with E-state index in [9.17, 15) is 13.2 Å². The Bertz CT molecular complexity index is 453. The Hall–Kier alpha value is -0.920. The Balaban J connectivity index is 2.57. The Labute approximate surface area is 105 Å².